The summed E-state index contributed by atoms with van der Waals surface area (Å²) >= 11 is 1.59. The van der Waals surface area contributed by atoms with Crippen LogP contribution in [0.2, 0.25) is 0 Å². The third-order valence-electron chi connectivity index (χ3n) is 4.40. The minimum Gasteiger partial charge on any atom is -0.340 e. The summed E-state index contributed by atoms with van der Waals surface area (Å²) in [7, 11) is 0. The monoisotopic (exact) mass is 343 g/mol. The fraction of sp³-hybridized carbons (Fsp3) is 0.375. The van der Waals surface area contributed by atoms with E-state index in [4.69, 9.17) is 0 Å². The lowest BCUT2D eigenvalue weighted by Crippen LogP contribution is -2.43. The molecule has 1 aliphatic heterocycles. The minimum atomic E-state index is -0.192. The van der Waals surface area contributed by atoms with E-state index in [2.05, 4.69) is 15.0 Å². The molecule has 124 valence electrons. The molecule has 4 rings (SSSR count). The van der Waals surface area contributed by atoms with E-state index in [0.29, 0.717) is 24.1 Å². The number of H-pyrrole nitrogens is 1. The van der Waals surface area contributed by atoms with Gasteiger partial charge < -0.3 is 9.88 Å². The molecule has 0 spiro atoms. The van der Waals surface area contributed by atoms with E-state index in [0.717, 1.165) is 24.3 Å². The molecule has 1 N–H and O–H groups in total. The first kappa shape index (κ1) is 15.1. The van der Waals surface area contributed by atoms with Crippen LogP contribution in [0.3, 0.4) is 0 Å². The molecular weight excluding hydrogens is 326 g/mol. The van der Waals surface area contributed by atoms with Crippen LogP contribution in [0.25, 0.3) is 11.2 Å². The fourth-order valence-corrected chi connectivity index (χ4v) is 3.98. The van der Waals surface area contributed by atoms with Crippen LogP contribution in [-0.2, 0) is 11.2 Å². The van der Waals surface area contributed by atoms with E-state index >= 15 is 0 Å². The Morgan fingerprint density at radius 1 is 1.46 bits per heavy atom. The zero-order valence-electron chi connectivity index (χ0n) is 13.0. The van der Waals surface area contributed by atoms with Crippen molar-refractivity contribution >= 4 is 28.4 Å². The molecule has 1 amide bonds. The summed E-state index contributed by atoms with van der Waals surface area (Å²) in [5.41, 5.74) is 1.04. The Morgan fingerprint density at radius 2 is 2.38 bits per heavy atom. The molecule has 1 fully saturated rings. The van der Waals surface area contributed by atoms with Crippen molar-refractivity contribution < 1.29 is 4.79 Å². The van der Waals surface area contributed by atoms with Crippen molar-refractivity contribution in [3.05, 3.63) is 45.4 Å². The van der Waals surface area contributed by atoms with Gasteiger partial charge in [-0.05, 0) is 24.3 Å². The number of amides is 1. The largest absolute Gasteiger partial charge is 0.340 e. The molecule has 8 heteroatoms. The number of hydrogen-bond donors (Lipinski definition) is 1. The Bertz CT molecular complexity index is 914. The third-order valence-corrected chi connectivity index (χ3v) is 5.28. The van der Waals surface area contributed by atoms with Crippen molar-refractivity contribution in [2.24, 2.45) is 0 Å². The summed E-state index contributed by atoms with van der Waals surface area (Å²) < 4.78 is 1.67. The van der Waals surface area contributed by atoms with E-state index < -0.39 is 0 Å². The number of hydrogen-bond acceptors (Lipinski definition) is 5. The van der Waals surface area contributed by atoms with Gasteiger partial charge in [-0.15, -0.1) is 11.3 Å². The molecule has 0 saturated carbocycles. The van der Waals surface area contributed by atoms with Crippen LogP contribution in [0.5, 0.6) is 0 Å². The number of imidazole rings is 1. The van der Waals surface area contributed by atoms with Gasteiger partial charge in [0, 0.05) is 18.0 Å². The summed E-state index contributed by atoms with van der Waals surface area (Å²) in [6.45, 7) is 1.29. The van der Waals surface area contributed by atoms with Crippen molar-refractivity contribution in [3.63, 3.8) is 0 Å². The number of likely N-dealkylation sites (tertiary alicyclic amines) is 1. The number of aromatic amines is 1. The van der Waals surface area contributed by atoms with Gasteiger partial charge in [-0.25, -0.2) is 14.8 Å². The Kier molecular flexibility index (Phi) is 3.89. The lowest BCUT2D eigenvalue weighted by Gasteiger charge is -2.33. The first-order valence-electron chi connectivity index (χ1n) is 7.93. The van der Waals surface area contributed by atoms with Gasteiger partial charge in [0.05, 0.1) is 18.7 Å². The van der Waals surface area contributed by atoms with Gasteiger partial charge in [-0.2, -0.15) is 0 Å². The van der Waals surface area contributed by atoms with Gasteiger partial charge in [0.25, 0.3) is 0 Å². The van der Waals surface area contributed by atoms with Crippen LogP contribution in [0.1, 0.15) is 23.8 Å². The summed E-state index contributed by atoms with van der Waals surface area (Å²) in [6, 6.07) is 3.88. The molecule has 7 nitrogen and oxygen atoms in total. The quantitative estimate of drug-likeness (QED) is 0.783. The highest BCUT2D eigenvalue weighted by Gasteiger charge is 2.27. The van der Waals surface area contributed by atoms with Gasteiger partial charge in [0.1, 0.15) is 11.8 Å². The molecule has 3 aromatic rings. The smallest absolute Gasteiger partial charge is 0.328 e. The number of carbonyl (C=O) groups excluding carboxylic acids is 1. The van der Waals surface area contributed by atoms with Crippen LogP contribution in [-0.4, -0.2) is 43.4 Å². The van der Waals surface area contributed by atoms with Crippen LogP contribution in [0.15, 0.2) is 34.8 Å². The van der Waals surface area contributed by atoms with E-state index in [9.17, 15) is 9.59 Å². The lowest BCUT2D eigenvalue weighted by atomic mass is 10.0. The summed E-state index contributed by atoms with van der Waals surface area (Å²) in [6.07, 6.45) is 5.21. The van der Waals surface area contributed by atoms with Crippen molar-refractivity contribution in [2.45, 2.75) is 25.3 Å². The van der Waals surface area contributed by atoms with Crippen LogP contribution in [0, 0.1) is 0 Å². The van der Waals surface area contributed by atoms with Crippen molar-refractivity contribution in [2.75, 3.05) is 13.1 Å². The van der Waals surface area contributed by atoms with E-state index in [1.165, 1.54) is 6.33 Å². The average Bonchev–Trinajstić information content (AvgIpc) is 3.21. The molecule has 0 aliphatic carbocycles. The second-order valence-corrected chi connectivity index (χ2v) is 6.98. The number of rotatable bonds is 3. The summed E-state index contributed by atoms with van der Waals surface area (Å²) in [5.74, 6) is 0.115. The van der Waals surface area contributed by atoms with Gasteiger partial charge >= 0.3 is 5.69 Å². The summed E-state index contributed by atoms with van der Waals surface area (Å²) in [5, 5.41) is 1.98. The highest BCUT2D eigenvalue weighted by atomic mass is 32.1. The van der Waals surface area contributed by atoms with Crippen LogP contribution in [0.4, 0.5) is 0 Å². The molecule has 1 unspecified atom stereocenters. The van der Waals surface area contributed by atoms with Gasteiger partial charge in [-0.1, -0.05) is 6.07 Å². The Hall–Kier alpha value is -2.48. The molecule has 4 heterocycles. The first-order chi connectivity index (χ1) is 11.7. The zero-order valence-corrected chi connectivity index (χ0v) is 13.8. The number of carbonyl (C=O) groups is 1. The predicted octanol–water partition coefficient (Wildman–Crippen LogP) is 1.59. The molecule has 1 saturated heterocycles. The lowest BCUT2D eigenvalue weighted by molar-refractivity contribution is -0.132. The van der Waals surface area contributed by atoms with E-state index in [-0.39, 0.29) is 17.6 Å². The SMILES string of the molecule is O=C(Cc1cccs1)N1CCCC(n2c(=O)[nH]c3cncnc32)C1. The van der Waals surface area contributed by atoms with Crippen LogP contribution >= 0.6 is 11.3 Å². The minimum absolute atomic E-state index is 0.0535. The second kappa shape index (κ2) is 6.20. The van der Waals surface area contributed by atoms with Crippen molar-refractivity contribution in [1.82, 2.24) is 24.4 Å². The Morgan fingerprint density at radius 3 is 3.21 bits per heavy atom. The van der Waals surface area contributed by atoms with Crippen LogP contribution < -0.4 is 5.69 Å². The van der Waals surface area contributed by atoms with Gasteiger partial charge in [-0.3, -0.25) is 9.36 Å². The molecule has 1 atom stereocenters. The zero-order chi connectivity index (χ0) is 16.5. The van der Waals surface area contributed by atoms with E-state index in [1.807, 2.05) is 22.4 Å². The average molecular weight is 343 g/mol. The standard InChI is InChI=1S/C16H17N5O2S/c22-14(7-12-4-2-6-24-12)20-5-1-3-11(9-20)21-15-13(19-16(21)23)8-17-10-18-15/h2,4,6,8,10-11H,1,3,5,7,9H2,(H,19,23). The fourth-order valence-electron chi connectivity index (χ4n) is 3.28. The van der Waals surface area contributed by atoms with E-state index in [1.54, 1.807) is 22.1 Å². The molecule has 24 heavy (non-hydrogen) atoms. The second-order valence-electron chi connectivity index (χ2n) is 5.95. The highest BCUT2D eigenvalue weighted by Crippen LogP contribution is 2.23. The van der Waals surface area contributed by atoms with Gasteiger partial charge in [0.2, 0.25) is 5.91 Å². The number of thiophene rings is 1. The predicted molar refractivity (Wildman–Crippen MR) is 91.0 cm³/mol. The molecule has 1 aliphatic rings. The molecule has 0 bridgehead atoms. The number of fused-ring (bicyclic) bond motifs is 1. The Labute approximate surface area is 142 Å². The number of piperidine rings is 1. The maximum atomic E-state index is 12.5. The summed E-state index contributed by atoms with van der Waals surface area (Å²) in [4.78, 5) is 38.7. The normalized spacial score (nSPS) is 18.2. The highest BCUT2D eigenvalue weighted by molar-refractivity contribution is 7.10. The number of nitrogens with one attached hydrogen (secondary N) is 1. The number of aromatic nitrogens is 4. The topological polar surface area (TPSA) is 83.9 Å². The third kappa shape index (κ3) is 2.73. The number of nitrogens with zero attached hydrogens (tertiary/aromatic N) is 4. The first-order valence-corrected chi connectivity index (χ1v) is 8.81. The molecule has 0 radical (unpaired) electrons. The molecular formula is C16H17N5O2S. The van der Waals surface area contributed by atoms with Crippen molar-refractivity contribution in [3.8, 4) is 0 Å². The molecule has 3 aromatic heterocycles. The maximum absolute atomic E-state index is 12.5. The maximum Gasteiger partial charge on any atom is 0.328 e. The van der Waals surface area contributed by atoms with Gasteiger partial charge in [0.15, 0.2) is 5.65 Å². The van der Waals surface area contributed by atoms with Crippen molar-refractivity contribution in [1.29, 1.82) is 0 Å². The molecule has 0 aromatic carbocycles. The Balaban J connectivity index is 1.57.